The van der Waals surface area contributed by atoms with E-state index in [1.54, 1.807) is 6.92 Å². The molecule has 2 atom stereocenters. The molecule has 6 nitrogen and oxygen atoms in total. The lowest BCUT2D eigenvalue weighted by Gasteiger charge is -2.19. The Morgan fingerprint density at radius 1 is 1.44 bits per heavy atom. The van der Waals surface area contributed by atoms with Crippen molar-refractivity contribution in [2.45, 2.75) is 26.3 Å². The highest BCUT2D eigenvalue weighted by molar-refractivity contribution is 5.95. The van der Waals surface area contributed by atoms with E-state index in [2.05, 4.69) is 22.5 Å². The van der Waals surface area contributed by atoms with Crippen molar-refractivity contribution in [1.82, 2.24) is 15.5 Å². The van der Waals surface area contributed by atoms with Gasteiger partial charge in [0.05, 0.1) is 6.54 Å². The number of halogens is 1. The summed E-state index contributed by atoms with van der Waals surface area (Å²) in [6.07, 6.45) is 1.02. The summed E-state index contributed by atoms with van der Waals surface area (Å²) in [5.74, 6) is 0.197. The fourth-order valence-electron chi connectivity index (χ4n) is 2.16. The summed E-state index contributed by atoms with van der Waals surface area (Å²) in [7, 11) is 0. The van der Waals surface area contributed by atoms with Crippen LogP contribution in [0.3, 0.4) is 0 Å². The standard InChI is InChI=1S/C11H22N4O2.ClH/c1-3-13-11(17)14-10(16)7-15-6-9(5-12)4-8(15)2;/h8-9H,3-7,12H2,1-2H3,(H2,13,14,16,17);1H. The van der Waals surface area contributed by atoms with Gasteiger partial charge in [-0.3, -0.25) is 15.0 Å². The Labute approximate surface area is 114 Å². The Morgan fingerprint density at radius 3 is 2.61 bits per heavy atom. The van der Waals surface area contributed by atoms with Crippen molar-refractivity contribution in [3.8, 4) is 0 Å². The lowest BCUT2D eigenvalue weighted by Crippen LogP contribution is -2.45. The van der Waals surface area contributed by atoms with E-state index < -0.39 is 6.03 Å². The second-order valence-corrected chi connectivity index (χ2v) is 4.52. The maximum Gasteiger partial charge on any atom is 0.321 e. The van der Waals surface area contributed by atoms with E-state index >= 15 is 0 Å². The van der Waals surface area contributed by atoms with Crippen LogP contribution in [-0.2, 0) is 4.79 Å². The van der Waals surface area contributed by atoms with Gasteiger partial charge in [-0.2, -0.15) is 0 Å². The third kappa shape index (κ3) is 5.20. The molecule has 3 amide bonds. The largest absolute Gasteiger partial charge is 0.338 e. The number of imide groups is 1. The van der Waals surface area contributed by atoms with Gasteiger partial charge in [0.1, 0.15) is 0 Å². The van der Waals surface area contributed by atoms with Crippen LogP contribution < -0.4 is 16.4 Å². The fraction of sp³-hybridized carbons (Fsp3) is 0.818. The number of nitrogens with one attached hydrogen (secondary N) is 2. The van der Waals surface area contributed by atoms with Crippen LogP contribution in [0.15, 0.2) is 0 Å². The average Bonchev–Trinajstić information content (AvgIpc) is 2.59. The summed E-state index contributed by atoms with van der Waals surface area (Å²) >= 11 is 0. The molecule has 0 aliphatic carbocycles. The zero-order valence-electron chi connectivity index (χ0n) is 10.9. The Bertz CT molecular complexity index is 288. The maximum absolute atomic E-state index is 11.6. The topological polar surface area (TPSA) is 87.5 Å². The second kappa shape index (κ2) is 8.29. The first-order valence-electron chi connectivity index (χ1n) is 6.08. The summed E-state index contributed by atoms with van der Waals surface area (Å²) in [6, 6.07) is -0.0803. The van der Waals surface area contributed by atoms with E-state index in [0.717, 1.165) is 13.0 Å². The monoisotopic (exact) mass is 278 g/mol. The van der Waals surface area contributed by atoms with E-state index in [0.29, 0.717) is 25.0 Å². The van der Waals surface area contributed by atoms with Crippen LogP contribution in [0, 0.1) is 5.92 Å². The number of likely N-dealkylation sites (tertiary alicyclic amines) is 1. The van der Waals surface area contributed by atoms with Gasteiger partial charge >= 0.3 is 6.03 Å². The van der Waals surface area contributed by atoms with Crippen LogP contribution in [0.4, 0.5) is 4.79 Å². The molecule has 1 heterocycles. The Hall–Kier alpha value is -0.850. The number of amides is 3. The van der Waals surface area contributed by atoms with E-state index in [1.807, 2.05) is 0 Å². The molecule has 18 heavy (non-hydrogen) atoms. The molecule has 2 unspecified atom stereocenters. The van der Waals surface area contributed by atoms with Gasteiger partial charge in [-0.25, -0.2) is 4.79 Å². The van der Waals surface area contributed by atoms with Crippen molar-refractivity contribution < 1.29 is 9.59 Å². The molecular weight excluding hydrogens is 256 g/mol. The van der Waals surface area contributed by atoms with Gasteiger partial charge in [0.25, 0.3) is 0 Å². The molecule has 4 N–H and O–H groups in total. The van der Waals surface area contributed by atoms with Crippen LogP contribution >= 0.6 is 12.4 Å². The van der Waals surface area contributed by atoms with Gasteiger partial charge in [0.2, 0.25) is 5.91 Å². The second-order valence-electron chi connectivity index (χ2n) is 4.52. The smallest absolute Gasteiger partial charge is 0.321 e. The van der Waals surface area contributed by atoms with Crippen molar-refractivity contribution in [3.05, 3.63) is 0 Å². The highest BCUT2D eigenvalue weighted by atomic mass is 35.5. The molecule has 0 spiro atoms. The van der Waals surface area contributed by atoms with Gasteiger partial charge in [0, 0.05) is 19.1 Å². The lowest BCUT2D eigenvalue weighted by atomic mass is 10.1. The van der Waals surface area contributed by atoms with Gasteiger partial charge in [-0.1, -0.05) is 0 Å². The quantitative estimate of drug-likeness (QED) is 0.671. The molecule has 0 radical (unpaired) electrons. The average molecular weight is 279 g/mol. The van der Waals surface area contributed by atoms with E-state index in [-0.39, 0.29) is 24.9 Å². The zero-order valence-corrected chi connectivity index (χ0v) is 11.8. The molecule has 106 valence electrons. The van der Waals surface area contributed by atoms with E-state index in [9.17, 15) is 9.59 Å². The number of carbonyl (C=O) groups is 2. The summed E-state index contributed by atoms with van der Waals surface area (Å²) in [4.78, 5) is 24.8. The van der Waals surface area contributed by atoms with Crippen LogP contribution in [0.2, 0.25) is 0 Å². The molecule has 1 saturated heterocycles. The van der Waals surface area contributed by atoms with E-state index in [1.165, 1.54) is 0 Å². The molecule has 1 fully saturated rings. The zero-order chi connectivity index (χ0) is 12.8. The first-order chi connectivity index (χ1) is 8.06. The number of nitrogens with two attached hydrogens (primary N) is 1. The first kappa shape index (κ1) is 17.2. The van der Waals surface area contributed by atoms with Crippen molar-refractivity contribution in [2.75, 3.05) is 26.2 Å². The molecule has 0 saturated carbocycles. The number of hydrogen-bond acceptors (Lipinski definition) is 4. The van der Waals surface area contributed by atoms with Crippen molar-refractivity contribution in [3.63, 3.8) is 0 Å². The van der Waals surface area contributed by atoms with Gasteiger partial charge in [-0.05, 0) is 32.7 Å². The molecule has 0 bridgehead atoms. The van der Waals surface area contributed by atoms with Gasteiger partial charge in [-0.15, -0.1) is 12.4 Å². The minimum atomic E-state index is -0.431. The minimum absolute atomic E-state index is 0. The van der Waals surface area contributed by atoms with Crippen molar-refractivity contribution >= 4 is 24.3 Å². The highest BCUT2D eigenvalue weighted by Crippen LogP contribution is 2.21. The summed E-state index contributed by atoms with van der Waals surface area (Å²) in [5.41, 5.74) is 5.62. The van der Waals surface area contributed by atoms with Gasteiger partial charge in [0.15, 0.2) is 0 Å². The minimum Gasteiger partial charge on any atom is -0.338 e. The Kier molecular flexibility index (Phi) is 7.90. The van der Waals surface area contributed by atoms with Crippen molar-refractivity contribution in [2.24, 2.45) is 11.7 Å². The number of urea groups is 1. The van der Waals surface area contributed by atoms with Crippen LogP contribution in [-0.4, -0.2) is 49.1 Å². The summed E-state index contributed by atoms with van der Waals surface area (Å²) < 4.78 is 0. The molecular formula is C11H23ClN4O2. The third-order valence-electron chi connectivity index (χ3n) is 3.06. The predicted molar refractivity (Wildman–Crippen MR) is 72.7 cm³/mol. The number of rotatable bonds is 4. The molecule has 1 rings (SSSR count). The molecule has 0 aromatic heterocycles. The molecule has 1 aliphatic heterocycles. The maximum atomic E-state index is 11.6. The Morgan fingerprint density at radius 2 is 2.11 bits per heavy atom. The van der Waals surface area contributed by atoms with Crippen LogP contribution in [0.5, 0.6) is 0 Å². The normalized spacial score (nSPS) is 23.3. The molecule has 7 heteroatoms. The summed E-state index contributed by atoms with van der Waals surface area (Å²) in [6.45, 7) is 6.13. The third-order valence-corrected chi connectivity index (χ3v) is 3.06. The first-order valence-corrected chi connectivity index (χ1v) is 6.08. The van der Waals surface area contributed by atoms with Crippen molar-refractivity contribution in [1.29, 1.82) is 0 Å². The van der Waals surface area contributed by atoms with Gasteiger partial charge < -0.3 is 11.1 Å². The SMILES string of the molecule is CCNC(=O)NC(=O)CN1CC(CN)CC1C.Cl. The molecule has 0 aromatic carbocycles. The lowest BCUT2D eigenvalue weighted by molar-refractivity contribution is -0.121. The van der Waals surface area contributed by atoms with Crippen LogP contribution in [0.1, 0.15) is 20.3 Å². The fourth-order valence-corrected chi connectivity index (χ4v) is 2.16. The van der Waals surface area contributed by atoms with Crippen LogP contribution in [0.25, 0.3) is 0 Å². The van der Waals surface area contributed by atoms with E-state index in [4.69, 9.17) is 5.73 Å². The predicted octanol–water partition coefficient (Wildman–Crippen LogP) is -0.0770. The number of hydrogen-bond donors (Lipinski definition) is 3. The number of nitrogens with zero attached hydrogens (tertiary/aromatic N) is 1. The molecule has 0 aromatic rings. The summed E-state index contributed by atoms with van der Waals surface area (Å²) in [5, 5.41) is 4.82. The highest BCUT2D eigenvalue weighted by Gasteiger charge is 2.29. The Balaban J connectivity index is 0.00000289. The molecule has 1 aliphatic rings. The number of carbonyl (C=O) groups excluding carboxylic acids is 2.